The molecule has 2 aromatic heterocycles. The molecule has 0 spiro atoms. The second-order valence-electron chi connectivity index (χ2n) is 7.17. The Bertz CT molecular complexity index is 1040. The van der Waals surface area contributed by atoms with Crippen LogP contribution in [0.5, 0.6) is 0 Å². The minimum Gasteiger partial charge on any atom is -0.349 e. The summed E-state index contributed by atoms with van der Waals surface area (Å²) in [7, 11) is 0. The number of carbonyl (C=O) groups is 2. The molecule has 0 radical (unpaired) electrons. The molecule has 1 fully saturated rings. The number of halogens is 2. The van der Waals surface area contributed by atoms with Crippen molar-refractivity contribution in [2.75, 3.05) is 13.1 Å². The highest BCUT2D eigenvalue weighted by atomic mass is 35.5. The van der Waals surface area contributed by atoms with Gasteiger partial charge in [-0.15, -0.1) is 0 Å². The molecule has 6 nitrogen and oxygen atoms in total. The molecule has 1 aromatic carbocycles. The maximum atomic E-state index is 13.2. The highest BCUT2D eigenvalue weighted by molar-refractivity contribution is 6.30. The highest BCUT2D eigenvalue weighted by Crippen LogP contribution is 2.18. The molecule has 29 heavy (non-hydrogen) atoms. The van der Waals surface area contributed by atoms with Crippen molar-refractivity contribution in [3.63, 3.8) is 0 Å². The second kappa shape index (κ2) is 8.21. The zero-order valence-corrected chi connectivity index (χ0v) is 16.4. The van der Waals surface area contributed by atoms with E-state index in [2.05, 4.69) is 15.3 Å². The Kier molecular flexibility index (Phi) is 5.49. The molecular formula is C21H20ClFN4O2. The van der Waals surface area contributed by atoms with Crippen LogP contribution in [-0.2, 0) is 11.2 Å². The van der Waals surface area contributed by atoms with Crippen LogP contribution in [-0.4, -0.2) is 45.8 Å². The molecule has 0 saturated carbocycles. The number of hydrogen-bond acceptors (Lipinski definition) is 3. The number of aromatic nitrogens is 2. The Balaban J connectivity index is 1.56. The number of H-pyrrole nitrogens is 1. The summed E-state index contributed by atoms with van der Waals surface area (Å²) in [5.74, 6) is -0.858. The van der Waals surface area contributed by atoms with Crippen LogP contribution in [0.4, 0.5) is 4.39 Å². The monoisotopic (exact) mass is 414 g/mol. The van der Waals surface area contributed by atoms with Crippen LogP contribution in [0.15, 0.2) is 42.6 Å². The van der Waals surface area contributed by atoms with Gasteiger partial charge in [0.2, 0.25) is 5.91 Å². The zero-order valence-electron chi connectivity index (χ0n) is 15.6. The summed E-state index contributed by atoms with van der Waals surface area (Å²) in [5.41, 5.74) is 1.78. The largest absolute Gasteiger partial charge is 0.349 e. The normalized spacial score (nSPS) is 14.9. The summed E-state index contributed by atoms with van der Waals surface area (Å²) in [5, 5.41) is 3.94. The van der Waals surface area contributed by atoms with E-state index in [4.69, 9.17) is 11.6 Å². The van der Waals surface area contributed by atoms with Crippen molar-refractivity contribution in [1.29, 1.82) is 0 Å². The predicted molar refractivity (Wildman–Crippen MR) is 108 cm³/mol. The van der Waals surface area contributed by atoms with Gasteiger partial charge in [0.05, 0.1) is 11.7 Å². The van der Waals surface area contributed by atoms with Crippen molar-refractivity contribution in [1.82, 2.24) is 20.2 Å². The van der Waals surface area contributed by atoms with Gasteiger partial charge in [-0.05, 0) is 42.7 Å². The van der Waals surface area contributed by atoms with E-state index in [1.54, 1.807) is 35.4 Å². The standard InChI is InChI=1S/C21H20ClFN4O2/c22-19-11-14-10-16(25-18(14)12-24-19)20(28)26-17(21(29)27-7-1-2-8-27)9-13-3-5-15(23)6-4-13/h3-6,10-12,17,25H,1-2,7-9H2,(H,26,28)/t17-/m0/s1. The highest BCUT2D eigenvalue weighted by Gasteiger charge is 2.28. The summed E-state index contributed by atoms with van der Waals surface area (Å²) < 4.78 is 13.2. The third kappa shape index (κ3) is 4.40. The molecule has 3 heterocycles. The van der Waals surface area contributed by atoms with Gasteiger partial charge in [-0.3, -0.25) is 9.59 Å². The number of amides is 2. The van der Waals surface area contributed by atoms with Crippen molar-refractivity contribution in [3.8, 4) is 0 Å². The molecule has 150 valence electrons. The third-order valence-electron chi connectivity index (χ3n) is 5.09. The van der Waals surface area contributed by atoms with Gasteiger partial charge in [0, 0.05) is 24.9 Å². The van der Waals surface area contributed by atoms with Crippen LogP contribution in [0.3, 0.4) is 0 Å². The lowest BCUT2D eigenvalue weighted by molar-refractivity contribution is -0.132. The number of fused-ring (bicyclic) bond motifs is 1. The molecule has 0 unspecified atom stereocenters. The van der Waals surface area contributed by atoms with Crippen LogP contribution in [0, 0.1) is 5.82 Å². The van der Waals surface area contributed by atoms with Crippen molar-refractivity contribution in [3.05, 3.63) is 64.8 Å². The van der Waals surface area contributed by atoms with Crippen LogP contribution in [0.25, 0.3) is 10.9 Å². The quantitative estimate of drug-likeness (QED) is 0.629. The van der Waals surface area contributed by atoms with Gasteiger partial charge in [0.15, 0.2) is 0 Å². The molecule has 1 saturated heterocycles. The average Bonchev–Trinajstić information content (AvgIpc) is 3.38. The maximum Gasteiger partial charge on any atom is 0.268 e. The topological polar surface area (TPSA) is 78.1 Å². The minimum atomic E-state index is -0.737. The number of rotatable bonds is 5. The maximum absolute atomic E-state index is 13.2. The van der Waals surface area contributed by atoms with Crippen molar-refractivity contribution >= 4 is 34.3 Å². The number of carbonyl (C=O) groups excluding carboxylic acids is 2. The summed E-state index contributed by atoms with van der Waals surface area (Å²) in [6.45, 7) is 1.37. The summed E-state index contributed by atoms with van der Waals surface area (Å²) >= 11 is 5.91. The molecule has 3 aromatic rings. The molecule has 2 N–H and O–H groups in total. The number of aromatic amines is 1. The second-order valence-corrected chi connectivity index (χ2v) is 7.55. The van der Waals surface area contributed by atoms with Crippen molar-refractivity contribution < 1.29 is 14.0 Å². The summed E-state index contributed by atoms with van der Waals surface area (Å²) in [6, 6.07) is 8.55. The minimum absolute atomic E-state index is 0.124. The Hall–Kier alpha value is -2.93. The summed E-state index contributed by atoms with van der Waals surface area (Å²) in [4.78, 5) is 34.6. The van der Waals surface area contributed by atoms with E-state index in [1.807, 2.05) is 0 Å². The van der Waals surface area contributed by atoms with Gasteiger partial charge < -0.3 is 15.2 Å². The molecule has 1 aliphatic rings. The number of nitrogens with one attached hydrogen (secondary N) is 2. The molecule has 1 aliphatic heterocycles. The SMILES string of the molecule is O=C(N[C@@H](Cc1ccc(F)cc1)C(=O)N1CCCC1)c1cc2cc(Cl)ncc2[nH]1. The number of nitrogens with zero attached hydrogens (tertiary/aromatic N) is 2. The number of likely N-dealkylation sites (tertiary alicyclic amines) is 1. The molecule has 0 aliphatic carbocycles. The summed E-state index contributed by atoms with van der Waals surface area (Å²) in [6.07, 6.45) is 3.76. The van der Waals surface area contributed by atoms with Gasteiger partial charge in [0.1, 0.15) is 22.7 Å². The van der Waals surface area contributed by atoms with E-state index in [1.165, 1.54) is 12.1 Å². The Morgan fingerprint density at radius 2 is 1.93 bits per heavy atom. The first-order valence-electron chi connectivity index (χ1n) is 9.48. The first-order chi connectivity index (χ1) is 14.0. The smallest absolute Gasteiger partial charge is 0.268 e. The number of pyridine rings is 1. The first kappa shape index (κ1) is 19.4. The molecule has 1 atom stereocenters. The number of benzene rings is 1. The van der Waals surface area contributed by atoms with Gasteiger partial charge in [-0.25, -0.2) is 9.37 Å². The lowest BCUT2D eigenvalue weighted by Crippen LogP contribution is -2.49. The van der Waals surface area contributed by atoms with E-state index in [0.29, 0.717) is 29.5 Å². The zero-order chi connectivity index (χ0) is 20.4. The fourth-order valence-corrected chi connectivity index (χ4v) is 3.74. The average molecular weight is 415 g/mol. The van der Waals surface area contributed by atoms with E-state index in [-0.39, 0.29) is 18.1 Å². The molecule has 2 amide bonds. The molecule has 4 rings (SSSR count). The van der Waals surface area contributed by atoms with E-state index >= 15 is 0 Å². The van der Waals surface area contributed by atoms with E-state index in [9.17, 15) is 14.0 Å². The van der Waals surface area contributed by atoms with Crippen molar-refractivity contribution in [2.45, 2.75) is 25.3 Å². The van der Waals surface area contributed by atoms with Crippen LogP contribution < -0.4 is 5.32 Å². The molecule has 0 bridgehead atoms. The third-order valence-corrected chi connectivity index (χ3v) is 5.30. The van der Waals surface area contributed by atoms with Gasteiger partial charge >= 0.3 is 0 Å². The Morgan fingerprint density at radius 1 is 1.21 bits per heavy atom. The molecular weight excluding hydrogens is 395 g/mol. The van der Waals surface area contributed by atoms with Crippen LogP contribution >= 0.6 is 11.6 Å². The van der Waals surface area contributed by atoms with Crippen LogP contribution in [0.1, 0.15) is 28.9 Å². The number of hydrogen-bond donors (Lipinski definition) is 2. The fourth-order valence-electron chi connectivity index (χ4n) is 3.58. The van der Waals surface area contributed by atoms with Gasteiger partial charge in [0.25, 0.3) is 5.91 Å². The van der Waals surface area contributed by atoms with Crippen LogP contribution in [0.2, 0.25) is 5.15 Å². The van der Waals surface area contributed by atoms with E-state index < -0.39 is 11.9 Å². The first-order valence-corrected chi connectivity index (χ1v) is 9.86. The lowest BCUT2D eigenvalue weighted by Gasteiger charge is -2.24. The lowest BCUT2D eigenvalue weighted by atomic mass is 10.0. The van der Waals surface area contributed by atoms with E-state index in [0.717, 1.165) is 23.8 Å². The van der Waals surface area contributed by atoms with Crippen molar-refractivity contribution in [2.24, 2.45) is 0 Å². The molecule has 8 heteroatoms. The van der Waals surface area contributed by atoms with Gasteiger partial charge in [-0.2, -0.15) is 0 Å². The van der Waals surface area contributed by atoms with Gasteiger partial charge in [-0.1, -0.05) is 23.7 Å². The Labute approximate surface area is 172 Å². The fraction of sp³-hybridized carbons (Fsp3) is 0.286. The predicted octanol–water partition coefficient (Wildman–Crippen LogP) is 3.32. The Morgan fingerprint density at radius 3 is 2.66 bits per heavy atom.